The molecule has 5 rings (SSSR count). The summed E-state index contributed by atoms with van der Waals surface area (Å²) in [5, 5.41) is 17.9. The van der Waals surface area contributed by atoms with Gasteiger partial charge in [-0.1, -0.05) is 18.2 Å². The van der Waals surface area contributed by atoms with E-state index in [0.717, 1.165) is 16.7 Å². The Labute approximate surface area is 203 Å². The summed E-state index contributed by atoms with van der Waals surface area (Å²) >= 11 is 0. The average Bonchev–Trinajstić information content (AvgIpc) is 3.41. The molecule has 1 aliphatic heterocycles. The Kier molecular flexibility index (Phi) is 6.10. The maximum absolute atomic E-state index is 13.6. The van der Waals surface area contributed by atoms with E-state index in [1.807, 2.05) is 50.2 Å². The van der Waals surface area contributed by atoms with Crippen LogP contribution in [-0.2, 0) is 6.54 Å². The first-order valence-electron chi connectivity index (χ1n) is 11.6. The zero-order valence-corrected chi connectivity index (χ0v) is 19.6. The van der Waals surface area contributed by atoms with Crippen molar-refractivity contribution in [1.29, 1.82) is 0 Å². The molecule has 0 radical (unpaired) electrons. The van der Waals surface area contributed by atoms with Gasteiger partial charge in [0, 0.05) is 30.1 Å². The third kappa shape index (κ3) is 4.07. The lowest BCUT2D eigenvalue weighted by Gasteiger charge is -2.27. The lowest BCUT2D eigenvalue weighted by atomic mass is 9.95. The number of nitrogens with zero attached hydrogens (tertiary/aromatic N) is 3. The van der Waals surface area contributed by atoms with Gasteiger partial charge in [0.25, 0.3) is 5.91 Å². The largest absolute Gasteiger partial charge is 0.507 e. The Morgan fingerprint density at radius 3 is 2.49 bits per heavy atom. The second kappa shape index (κ2) is 9.50. The minimum absolute atomic E-state index is 0.0993. The van der Waals surface area contributed by atoms with E-state index in [4.69, 9.17) is 9.47 Å². The Morgan fingerprint density at radius 1 is 1.00 bits per heavy atom. The van der Waals surface area contributed by atoms with Crippen molar-refractivity contribution in [2.75, 3.05) is 13.2 Å². The van der Waals surface area contributed by atoms with Crippen LogP contribution in [-0.4, -0.2) is 44.3 Å². The molecular formula is C27H26N4O4. The van der Waals surface area contributed by atoms with E-state index >= 15 is 0 Å². The fraction of sp³-hybridized carbons (Fsp3) is 0.222. The van der Waals surface area contributed by atoms with Crippen molar-refractivity contribution in [3.63, 3.8) is 0 Å². The van der Waals surface area contributed by atoms with Crippen molar-refractivity contribution in [2.24, 2.45) is 0 Å². The van der Waals surface area contributed by atoms with Crippen molar-refractivity contribution < 1.29 is 19.4 Å². The highest BCUT2D eigenvalue weighted by atomic mass is 16.5. The topological polar surface area (TPSA) is 101 Å². The fourth-order valence-corrected chi connectivity index (χ4v) is 4.51. The molecule has 0 aliphatic carbocycles. The second-order valence-electron chi connectivity index (χ2n) is 8.14. The monoisotopic (exact) mass is 470 g/mol. The molecule has 4 aromatic rings. The fourth-order valence-electron chi connectivity index (χ4n) is 4.51. The van der Waals surface area contributed by atoms with Gasteiger partial charge in [0.1, 0.15) is 17.1 Å². The molecule has 8 heteroatoms. The minimum atomic E-state index is -0.450. The summed E-state index contributed by atoms with van der Waals surface area (Å²) in [5.41, 5.74) is 4.05. The number of rotatable bonds is 8. The highest BCUT2D eigenvalue weighted by Crippen LogP contribution is 2.46. The van der Waals surface area contributed by atoms with Gasteiger partial charge in [-0.3, -0.25) is 14.9 Å². The Balaban J connectivity index is 1.67. The smallest absolute Gasteiger partial charge is 0.273 e. The zero-order valence-electron chi connectivity index (χ0n) is 19.6. The molecule has 0 fully saturated rings. The SMILES string of the molecule is CCOc1ccc([C@H]2c3c(-c4ccccc4O)n[nH]c3C(=O)N2Cc2ccncc2)cc1OCC. The van der Waals surface area contributed by atoms with Gasteiger partial charge in [0.15, 0.2) is 11.5 Å². The number of fused-ring (bicyclic) bond motifs is 1. The number of para-hydroxylation sites is 1. The van der Waals surface area contributed by atoms with Crippen LogP contribution in [0.2, 0.25) is 0 Å². The van der Waals surface area contributed by atoms with E-state index in [-0.39, 0.29) is 11.7 Å². The van der Waals surface area contributed by atoms with Gasteiger partial charge in [-0.15, -0.1) is 0 Å². The molecule has 3 heterocycles. The quantitative estimate of drug-likeness (QED) is 0.387. The number of nitrogens with one attached hydrogen (secondary N) is 1. The Bertz CT molecular complexity index is 1350. The van der Waals surface area contributed by atoms with Crippen LogP contribution in [0.25, 0.3) is 11.3 Å². The van der Waals surface area contributed by atoms with Crippen molar-refractivity contribution >= 4 is 5.91 Å². The van der Waals surface area contributed by atoms with E-state index in [1.165, 1.54) is 0 Å². The third-order valence-electron chi connectivity index (χ3n) is 6.01. The number of pyridine rings is 1. The first kappa shape index (κ1) is 22.5. The molecule has 0 spiro atoms. The van der Waals surface area contributed by atoms with Gasteiger partial charge in [0.05, 0.1) is 19.3 Å². The zero-order chi connectivity index (χ0) is 24.4. The molecule has 1 atom stereocenters. The van der Waals surface area contributed by atoms with Crippen LogP contribution in [0.15, 0.2) is 67.0 Å². The summed E-state index contributed by atoms with van der Waals surface area (Å²) in [6.45, 7) is 5.21. The van der Waals surface area contributed by atoms with E-state index in [2.05, 4.69) is 15.2 Å². The standard InChI is InChI=1S/C27H26N4O4/c1-3-34-21-10-9-18(15-22(21)35-4-2)26-23-24(19-7-5-6-8-20(19)32)29-30-25(23)27(33)31(26)16-17-11-13-28-14-12-17/h5-15,26,32H,3-4,16H2,1-2H3,(H,29,30)/t26-/m0/s1. The maximum Gasteiger partial charge on any atom is 0.273 e. The second-order valence-corrected chi connectivity index (χ2v) is 8.14. The normalized spacial score (nSPS) is 14.7. The lowest BCUT2D eigenvalue weighted by Crippen LogP contribution is -2.29. The summed E-state index contributed by atoms with van der Waals surface area (Å²) < 4.78 is 11.6. The van der Waals surface area contributed by atoms with Gasteiger partial charge in [-0.2, -0.15) is 5.10 Å². The molecule has 1 amide bonds. The number of aromatic amines is 1. The number of hydrogen-bond acceptors (Lipinski definition) is 6. The number of aromatic hydroxyl groups is 1. The van der Waals surface area contributed by atoms with Crippen molar-refractivity contribution in [3.8, 4) is 28.5 Å². The summed E-state index contributed by atoms with van der Waals surface area (Å²) in [7, 11) is 0. The summed E-state index contributed by atoms with van der Waals surface area (Å²) in [5.74, 6) is 1.20. The van der Waals surface area contributed by atoms with Crippen molar-refractivity contribution in [2.45, 2.75) is 26.4 Å². The molecule has 35 heavy (non-hydrogen) atoms. The number of H-pyrrole nitrogens is 1. The van der Waals surface area contributed by atoms with Gasteiger partial charge in [0.2, 0.25) is 0 Å². The molecule has 0 unspecified atom stereocenters. The number of ether oxygens (including phenoxy) is 2. The molecule has 0 saturated carbocycles. The highest BCUT2D eigenvalue weighted by Gasteiger charge is 2.42. The minimum Gasteiger partial charge on any atom is -0.507 e. The number of hydrogen-bond donors (Lipinski definition) is 2. The number of amides is 1. The molecular weight excluding hydrogens is 444 g/mol. The molecule has 2 aromatic carbocycles. The summed E-state index contributed by atoms with van der Waals surface area (Å²) in [4.78, 5) is 19.5. The van der Waals surface area contributed by atoms with Gasteiger partial charge >= 0.3 is 0 Å². The Hall–Kier alpha value is -4.33. The third-order valence-corrected chi connectivity index (χ3v) is 6.01. The first-order chi connectivity index (χ1) is 17.1. The van der Waals surface area contributed by atoms with Crippen molar-refractivity contribution in [3.05, 3.63) is 89.4 Å². The predicted octanol–water partition coefficient (Wildman–Crippen LogP) is 4.72. The molecule has 2 N–H and O–H groups in total. The highest BCUT2D eigenvalue weighted by molar-refractivity contribution is 6.00. The van der Waals surface area contributed by atoms with E-state index in [9.17, 15) is 9.90 Å². The average molecular weight is 471 g/mol. The molecule has 8 nitrogen and oxygen atoms in total. The van der Waals surface area contributed by atoms with Crippen LogP contribution in [0, 0.1) is 0 Å². The van der Waals surface area contributed by atoms with Crippen LogP contribution in [0.5, 0.6) is 17.2 Å². The van der Waals surface area contributed by atoms with Crippen LogP contribution in [0.1, 0.15) is 47.1 Å². The molecule has 2 aromatic heterocycles. The summed E-state index contributed by atoms with van der Waals surface area (Å²) in [6.07, 6.45) is 3.42. The van der Waals surface area contributed by atoms with Gasteiger partial charge in [-0.05, 0) is 61.4 Å². The van der Waals surface area contributed by atoms with Crippen LogP contribution >= 0.6 is 0 Å². The number of phenols is 1. The van der Waals surface area contributed by atoms with Crippen LogP contribution in [0.3, 0.4) is 0 Å². The number of aromatic nitrogens is 3. The maximum atomic E-state index is 13.6. The molecule has 0 saturated heterocycles. The van der Waals surface area contributed by atoms with Crippen molar-refractivity contribution in [1.82, 2.24) is 20.1 Å². The number of carbonyl (C=O) groups excluding carboxylic acids is 1. The van der Waals surface area contributed by atoms with Crippen LogP contribution in [0.4, 0.5) is 0 Å². The van der Waals surface area contributed by atoms with E-state index in [1.54, 1.807) is 35.5 Å². The first-order valence-corrected chi connectivity index (χ1v) is 11.6. The molecule has 1 aliphatic rings. The molecule has 178 valence electrons. The Morgan fingerprint density at radius 2 is 1.74 bits per heavy atom. The van der Waals surface area contributed by atoms with Gasteiger partial charge in [-0.25, -0.2) is 0 Å². The lowest BCUT2D eigenvalue weighted by molar-refractivity contribution is 0.0729. The summed E-state index contributed by atoms with van der Waals surface area (Å²) in [6, 6.07) is 16.1. The molecule has 0 bridgehead atoms. The number of carbonyl (C=O) groups is 1. The number of phenolic OH excluding ortho intramolecular Hbond substituents is 1. The van der Waals surface area contributed by atoms with Crippen LogP contribution < -0.4 is 9.47 Å². The predicted molar refractivity (Wildman–Crippen MR) is 130 cm³/mol. The number of benzene rings is 2. The van der Waals surface area contributed by atoms with E-state index < -0.39 is 6.04 Å². The van der Waals surface area contributed by atoms with Gasteiger partial charge < -0.3 is 19.5 Å². The van der Waals surface area contributed by atoms with E-state index in [0.29, 0.717) is 48.2 Å².